The van der Waals surface area contributed by atoms with Gasteiger partial charge >= 0.3 is 0 Å². The minimum absolute atomic E-state index is 0.646. The lowest BCUT2D eigenvalue weighted by Gasteiger charge is -2.09. The average molecular weight is 748 g/mol. The fraction of sp³-hybridized carbons (Fsp3) is 0. The van der Waals surface area contributed by atoms with Gasteiger partial charge < -0.3 is 8.83 Å². The van der Waals surface area contributed by atoms with Crippen LogP contribution in [0.1, 0.15) is 0 Å². The van der Waals surface area contributed by atoms with E-state index in [9.17, 15) is 0 Å². The molecule has 57 heavy (non-hydrogen) atoms. The summed E-state index contributed by atoms with van der Waals surface area (Å²) < 4.78 is 15.5. The van der Waals surface area contributed by atoms with E-state index in [2.05, 4.69) is 91.0 Å². The van der Waals surface area contributed by atoms with Crippen LogP contribution in [0.5, 0.6) is 0 Å². The van der Waals surface area contributed by atoms with Gasteiger partial charge in [-0.1, -0.05) is 133 Å². The topological polar surface area (TPSA) is 65.0 Å². The molecule has 12 aromatic rings. The van der Waals surface area contributed by atoms with Crippen LogP contribution in [0.3, 0.4) is 0 Å². The summed E-state index contributed by atoms with van der Waals surface area (Å²) in [6, 6.07) is 60.9. The predicted octanol–water partition coefficient (Wildman–Crippen LogP) is 14.4. The van der Waals surface area contributed by atoms with Gasteiger partial charge in [0, 0.05) is 69.5 Å². The van der Waals surface area contributed by atoms with E-state index in [-0.39, 0.29) is 0 Å². The molecule has 0 radical (unpaired) electrons. The Morgan fingerprint density at radius 2 is 0.877 bits per heavy atom. The smallest absolute Gasteiger partial charge is 0.165 e. The van der Waals surface area contributed by atoms with Crippen LogP contribution in [0.25, 0.3) is 120 Å². The summed E-state index contributed by atoms with van der Waals surface area (Å²) in [4.78, 5) is 15.1. The fourth-order valence-electron chi connectivity index (χ4n) is 8.24. The molecule has 6 heteroatoms. The van der Waals surface area contributed by atoms with E-state index in [4.69, 9.17) is 23.8 Å². The average Bonchev–Trinajstić information content (AvgIpc) is 3.98. The Kier molecular flexibility index (Phi) is 7.03. The second-order valence-electron chi connectivity index (χ2n) is 14.3. The van der Waals surface area contributed by atoms with Crippen LogP contribution in [-0.4, -0.2) is 15.0 Å². The van der Waals surface area contributed by atoms with Gasteiger partial charge in [0.2, 0.25) is 0 Å². The molecule has 4 aromatic heterocycles. The van der Waals surface area contributed by atoms with Crippen LogP contribution in [0.15, 0.2) is 185 Å². The summed E-state index contributed by atoms with van der Waals surface area (Å²) in [5.41, 5.74) is 10.6. The Labute approximate surface area is 330 Å². The van der Waals surface area contributed by atoms with Gasteiger partial charge in [-0.05, 0) is 53.6 Å². The molecular formula is C51H29N3O2S. The van der Waals surface area contributed by atoms with Crippen molar-refractivity contribution in [3.8, 4) is 56.4 Å². The highest BCUT2D eigenvalue weighted by atomic mass is 32.1. The summed E-state index contributed by atoms with van der Waals surface area (Å²) in [5, 5.41) is 6.70. The summed E-state index contributed by atoms with van der Waals surface area (Å²) >= 11 is 1.76. The quantitative estimate of drug-likeness (QED) is 0.175. The Morgan fingerprint density at radius 3 is 1.58 bits per heavy atom. The van der Waals surface area contributed by atoms with Gasteiger partial charge in [-0.15, -0.1) is 11.3 Å². The molecule has 0 aliphatic heterocycles. The predicted molar refractivity (Wildman–Crippen MR) is 234 cm³/mol. The highest BCUT2D eigenvalue weighted by Crippen LogP contribution is 2.45. The van der Waals surface area contributed by atoms with Crippen molar-refractivity contribution in [2.45, 2.75) is 0 Å². The van der Waals surface area contributed by atoms with Gasteiger partial charge in [-0.3, -0.25) is 0 Å². The second-order valence-corrected chi connectivity index (χ2v) is 15.4. The fourth-order valence-corrected chi connectivity index (χ4v) is 9.43. The summed E-state index contributed by atoms with van der Waals surface area (Å²) in [5.74, 6) is 1.94. The molecule has 0 atom stereocenters. The highest BCUT2D eigenvalue weighted by molar-refractivity contribution is 7.26. The molecule has 5 nitrogen and oxygen atoms in total. The third kappa shape index (κ3) is 5.12. The summed E-state index contributed by atoms with van der Waals surface area (Å²) in [6.45, 7) is 0. The molecule has 12 rings (SSSR count). The highest BCUT2D eigenvalue weighted by Gasteiger charge is 2.21. The van der Waals surface area contributed by atoms with Crippen LogP contribution < -0.4 is 0 Å². The summed E-state index contributed by atoms with van der Waals surface area (Å²) in [7, 11) is 0. The Morgan fingerprint density at radius 1 is 0.333 bits per heavy atom. The van der Waals surface area contributed by atoms with Crippen LogP contribution >= 0.6 is 11.3 Å². The van der Waals surface area contributed by atoms with Gasteiger partial charge in [0.25, 0.3) is 0 Å². The maximum absolute atomic E-state index is 6.67. The molecule has 0 spiro atoms. The zero-order chi connectivity index (χ0) is 37.5. The van der Waals surface area contributed by atoms with Crippen molar-refractivity contribution in [3.63, 3.8) is 0 Å². The van der Waals surface area contributed by atoms with E-state index >= 15 is 0 Å². The van der Waals surface area contributed by atoms with Crippen molar-refractivity contribution in [1.29, 1.82) is 0 Å². The molecular weight excluding hydrogens is 719 g/mol. The molecule has 0 N–H and O–H groups in total. The number of rotatable bonds is 5. The zero-order valence-corrected chi connectivity index (χ0v) is 31.1. The maximum Gasteiger partial charge on any atom is 0.165 e. The van der Waals surface area contributed by atoms with Gasteiger partial charge in [-0.2, -0.15) is 0 Å². The van der Waals surface area contributed by atoms with Gasteiger partial charge in [0.15, 0.2) is 17.5 Å². The van der Waals surface area contributed by atoms with Crippen molar-refractivity contribution >= 4 is 75.4 Å². The van der Waals surface area contributed by atoms with E-state index in [1.807, 2.05) is 84.9 Å². The van der Waals surface area contributed by atoms with Gasteiger partial charge in [0.1, 0.15) is 22.3 Å². The van der Waals surface area contributed by atoms with E-state index in [0.29, 0.717) is 17.5 Å². The number of benzene rings is 8. The minimum atomic E-state index is 0.646. The summed E-state index contributed by atoms with van der Waals surface area (Å²) in [6.07, 6.45) is 0. The lowest BCUT2D eigenvalue weighted by Crippen LogP contribution is -2.00. The maximum atomic E-state index is 6.67. The first kappa shape index (κ1) is 31.9. The molecule has 0 aliphatic rings. The first-order valence-electron chi connectivity index (χ1n) is 18.9. The van der Waals surface area contributed by atoms with Crippen molar-refractivity contribution in [2.24, 2.45) is 0 Å². The van der Waals surface area contributed by atoms with Gasteiger partial charge in [-0.25, -0.2) is 15.0 Å². The number of nitrogens with zero attached hydrogens (tertiary/aromatic N) is 3. The molecule has 0 saturated carbocycles. The van der Waals surface area contributed by atoms with E-state index in [1.165, 1.54) is 10.1 Å². The number of para-hydroxylation sites is 3. The van der Waals surface area contributed by atoms with Gasteiger partial charge in [0.05, 0.1) is 0 Å². The van der Waals surface area contributed by atoms with Crippen molar-refractivity contribution in [3.05, 3.63) is 176 Å². The molecule has 266 valence electrons. The van der Waals surface area contributed by atoms with E-state index in [0.717, 1.165) is 92.9 Å². The van der Waals surface area contributed by atoms with Crippen LogP contribution in [0.4, 0.5) is 0 Å². The SMILES string of the molecule is c1ccc(-c2nc(-c3ccccc3)nc(-c3cccc4c3sc3ccc(-c5cc(-c6cccc7c6oc6ccccc67)cc6c5oc5ccccc56)cc34)n2)cc1. The Bertz CT molecular complexity index is 3470. The normalized spacial score (nSPS) is 11.9. The molecule has 0 saturated heterocycles. The van der Waals surface area contributed by atoms with Crippen LogP contribution in [-0.2, 0) is 0 Å². The van der Waals surface area contributed by atoms with E-state index in [1.54, 1.807) is 11.3 Å². The number of hydrogen-bond acceptors (Lipinski definition) is 6. The van der Waals surface area contributed by atoms with Crippen LogP contribution in [0, 0.1) is 0 Å². The monoisotopic (exact) mass is 747 g/mol. The molecule has 0 fully saturated rings. The number of thiophene rings is 1. The standard InChI is InChI=1S/C51H29N3O2S/c1-3-13-30(14-4-1)49-52-50(31-15-5-2-6-16-31)54-51(53-49)39-22-12-21-38-41-27-32(25-26-45(41)57-48(38)39)40-28-33(29-42-36-18-8-10-24-44(36)56-47(40)42)34-19-11-20-37-35-17-7-9-23-43(35)55-46(34)37/h1-29H. The molecule has 4 heterocycles. The molecule has 0 unspecified atom stereocenters. The largest absolute Gasteiger partial charge is 0.455 e. The molecule has 0 bridgehead atoms. The van der Waals surface area contributed by atoms with Crippen molar-refractivity contribution < 1.29 is 8.83 Å². The van der Waals surface area contributed by atoms with Crippen LogP contribution in [0.2, 0.25) is 0 Å². The second kappa shape index (κ2) is 12.6. The molecule has 8 aromatic carbocycles. The zero-order valence-electron chi connectivity index (χ0n) is 30.3. The number of fused-ring (bicyclic) bond motifs is 9. The molecule has 0 aliphatic carbocycles. The lowest BCUT2D eigenvalue weighted by molar-refractivity contribution is 0.669. The third-order valence-electron chi connectivity index (χ3n) is 10.9. The molecule has 0 amide bonds. The first-order chi connectivity index (χ1) is 28.2. The minimum Gasteiger partial charge on any atom is -0.455 e. The van der Waals surface area contributed by atoms with Crippen molar-refractivity contribution in [2.75, 3.05) is 0 Å². The van der Waals surface area contributed by atoms with Crippen molar-refractivity contribution in [1.82, 2.24) is 15.0 Å². The number of aromatic nitrogens is 3. The third-order valence-corrected chi connectivity index (χ3v) is 12.2. The first-order valence-corrected chi connectivity index (χ1v) is 19.7. The Hall–Kier alpha value is -7.41. The number of furan rings is 2. The van der Waals surface area contributed by atoms with E-state index < -0.39 is 0 Å². The lowest BCUT2D eigenvalue weighted by atomic mass is 9.94. The Balaban J connectivity index is 1.06. The number of hydrogen-bond donors (Lipinski definition) is 0.